The molecule has 0 saturated carbocycles. The van der Waals surface area contributed by atoms with E-state index in [4.69, 9.17) is 4.74 Å². The highest BCUT2D eigenvalue weighted by atomic mass is 16.5. The Balaban J connectivity index is 1.86. The third-order valence-corrected chi connectivity index (χ3v) is 3.30. The van der Waals surface area contributed by atoms with Crippen molar-refractivity contribution in [3.63, 3.8) is 0 Å². The second-order valence-electron chi connectivity index (χ2n) is 5.22. The van der Waals surface area contributed by atoms with Crippen LogP contribution in [0.15, 0.2) is 42.6 Å². The van der Waals surface area contributed by atoms with Crippen molar-refractivity contribution in [2.75, 3.05) is 0 Å². The third-order valence-electron chi connectivity index (χ3n) is 3.30. The van der Waals surface area contributed by atoms with E-state index in [0.29, 0.717) is 11.1 Å². The van der Waals surface area contributed by atoms with Gasteiger partial charge in [-0.05, 0) is 32.0 Å². The van der Waals surface area contributed by atoms with Gasteiger partial charge in [0.25, 0.3) is 11.8 Å². The molecule has 8 nitrogen and oxygen atoms in total. The molecule has 2 amide bonds. The number of H-pyrrole nitrogens is 1. The van der Waals surface area contributed by atoms with Crippen molar-refractivity contribution < 1.29 is 23.9 Å². The molecule has 8 heteroatoms. The molecule has 1 heterocycles. The van der Waals surface area contributed by atoms with Gasteiger partial charge in [0.2, 0.25) is 0 Å². The zero-order valence-corrected chi connectivity index (χ0v) is 13.7. The lowest BCUT2D eigenvalue weighted by atomic mass is 10.2. The maximum Gasteiger partial charge on any atom is 0.355 e. The van der Waals surface area contributed by atoms with E-state index in [1.807, 2.05) is 0 Å². The number of rotatable bonds is 5. The monoisotopic (exact) mass is 343 g/mol. The summed E-state index contributed by atoms with van der Waals surface area (Å²) in [5.74, 6) is -2.19. The summed E-state index contributed by atoms with van der Waals surface area (Å²) < 4.78 is 4.98. The minimum Gasteiger partial charge on any atom is -0.448 e. The first kappa shape index (κ1) is 17.9. The quantitative estimate of drug-likeness (QED) is 0.429. The zero-order chi connectivity index (χ0) is 18.4. The van der Waals surface area contributed by atoms with Gasteiger partial charge in [-0.3, -0.25) is 25.2 Å². The number of carbonyl (C=O) groups is 4. The highest BCUT2D eigenvalue weighted by Gasteiger charge is 2.21. The van der Waals surface area contributed by atoms with Gasteiger partial charge in [-0.2, -0.15) is 0 Å². The fourth-order valence-electron chi connectivity index (χ4n) is 1.87. The second kappa shape index (κ2) is 7.91. The summed E-state index contributed by atoms with van der Waals surface area (Å²) in [4.78, 5) is 49.4. The lowest BCUT2D eigenvalue weighted by Crippen LogP contribution is -2.46. The average Bonchev–Trinajstić information content (AvgIpc) is 3.10. The predicted octanol–water partition coefficient (Wildman–Crippen LogP) is 1.22. The Hall–Kier alpha value is -3.42. The molecule has 3 N–H and O–H groups in total. The molecule has 130 valence electrons. The summed E-state index contributed by atoms with van der Waals surface area (Å²) in [6.45, 7) is 2.72. The van der Waals surface area contributed by atoms with Gasteiger partial charge in [0.05, 0.1) is 0 Å². The molecule has 25 heavy (non-hydrogen) atoms. The molecule has 1 aromatic carbocycles. The Labute approximate surface area is 143 Å². The summed E-state index contributed by atoms with van der Waals surface area (Å²) in [6, 6.07) is 9.65. The fraction of sp³-hybridized carbons (Fsp3) is 0.176. The maximum atomic E-state index is 11.9. The molecule has 0 spiro atoms. The number of Topliss-reactive ketones (excluding diaryl/α,β-unsaturated/α-hetero) is 1. The van der Waals surface area contributed by atoms with E-state index in [1.165, 1.54) is 26.1 Å². The SMILES string of the molecule is CC(=O)c1c[nH]c(C(=O)O[C@H](C)C(=O)NNC(=O)c2ccccc2)c1. The topological polar surface area (TPSA) is 117 Å². The maximum absolute atomic E-state index is 11.9. The van der Waals surface area contributed by atoms with Gasteiger partial charge in [0.1, 0.15) is 5.69 Å². The zero-order valence-electron chi connectivity index (χ0n) is 13.7. The molecule has 0 unspecified atom stereocenters. The highest BCUT2D eigenvalue weighted by Crippen LogP contribution is 2.07. The minimum absolute atomic E-state index is 0.0539. The molecular formula is C17H17N3O5. The van der Waals surface area contributed by atoms with E-state index in [9.17, 15) is 19.2 Å². The molecular weight excluding hydrogens is 326 g/mol. The Morgan fingerprint density at radius 1 is 1.04 bits per heavy atom. The van der Waals surface area contributed by atoms with Gasteiger partial charge < -0.3 is 9.72 Å². The first-order chi connectivity index (χ1) is 11.9. The van der Waals surface area contributed by atoms with Gasteiger partial charge in [0.15, 0.2) is 11.9 Å². The van der Waals surface area contributed by atoms with Crippen LogP contribution in [0.2, 0.25) is 0 Å². The fourth-order valence-corrected chi connectivity index (χ4v) is 1.87. The number of aromatic nitrogens is 1. The number of hydrogen-bond donors (Lipinski definition) is 3. The summed E-state index contributed by atoms with van der Waals surface area (Å²) in [5, 5.41) is 0. The van der Waals surface area contributed by atoms with Crippen molar-refractivity contribution in [2.24, 2.45) is 0 Å². The van der Waals surface area contributed by atoms with E-state index < -0.39 is 23.9 Å². The summed E-state index contributed by atoms with van der Waals surface area (Å²) in [7, 11) is 0. The van der Waals surface area contributed by atoms with Crippen LogP contribution < -0.4 is 10.9 Å². The number of hydrazine groups is 1. The number of aromatic amines is 1. The van der Waals surface area contributed by atoms with E-state index >= 15 is 0 Å². The Morgan fingerprint density at radius 3 is 2.32 bits per heavy atom. The largest absolute Gasteiger partial charge is 0.448 e. The van der Waals surface area contributed by atoms with Crippen molar-refractivity contribution in [2.45, 2.75) is 20.0 Å². The number of esters is 1. The summed E-state index contributed by atoms with van der Waals surface area (Å²) >= 11 is 0. The molecule has 2 aromatic rings. The van der Waals surface area contributed by atoms with E-state index in [2.05, 4.69) is 15.8 Å². The van der Waals surface area contributed by atoms with Gasteiger partial charge in [-0.1, -0.05) is 18.2 Å². The Kier molecular flexibility index (Phi) is 5.67. The number of ketones is 1. The van der Waals surface area contributed by atoms with Crippen LogP contribution in [-0.2, 0) is 9.53 Å². The van der Waals surface area contributed by atoms with Crippen molar-refractivity contribution >= 4 is 23.6 Å². The van der Waals surface area contributed by atoms with Crippen molar-refractivity contribution in [3.8, 4) is 0 Å². The Morgan fingerprint density at radius 2 is 1.72 bits per heavy atom. The van der Waals surface area contributed by atoms with Crippen LogP contribution in [0, 0.1) is 0 Å². The van der Waals surface area contributed by atoms with Crippen LogP contribution >= 0.6 is 0 Å². The molecule has 0 bridgehead atoms. The van der Waals surface area contributed by atoms with E-state index in [-0.39, 0.29) is 11.5 Å². The van der Waals surface area contributed by atoms with Gasteiger partial charge in [-0.25, -0.2) is 4.79 Å². The number of carbonyl (C=O) groups excluding carboxylic acids is 4. The first-order valence-corrected chi connectivity index (χ1v) is 7.44. The van der Waals surface area contributed by atoms with Crippen LogP contribution in [0.4, 0.5) is 0 Å². The number of amides is 2. The van der Waals surface area contributed by atoms with Crippen LogP contribution in [0.5, 0.6) is 0 Å². The Bertz CT molecular complexity index is 798. The van der Waals surface area contributed by atoms with Crippen molar-refractivity contribution in [1.82, 2.24) is 15.8 Å². The van der Waals surface area contributed by atoms with Gasteiger partial charge in [0, 0.05) is 17.3 Å². The summed E-state index contributed by atoms with van der Waals surface area (Å²) in [6.07, 6.45) is 0.233. The smallest absolute Gasteiger partial charge is 0.355 e. The van der Waals surface area contributed by atoms with Gasteiger partial charge >= 0.3 is 5.97 Å². The van der Waals surface area contributed by atoms with Crippen LogP contribution in [0.1, 0.15) is 45.1 Å². The molecule has 1 aromatic heterocycles. The third kappa shape index (κ3) is 4.77. The molecule has 0 aliphatic heterocycles. The molecule has 0 aliphatic carbocycles. The normalized spacial score (nSPS) is 11.3. The molecule has 0 aliphatic rings. The number of nitrogens with one attached hydrogen (secondary N) is 3. The minimum atomic E-state index is -1.15. The van der Waals surface area contributed by atoms with E-state index in [1.54, 1.807) is 30.3 Å². The van der Waals surface area contributed by atoms with Crippen molar-refractivity contribution in [1.29, 1.82) is 0 Å². The lowest BCUT2D eigenvalue weighted by molar-refractivity contribution is -0.129. The van der Waals surface area contributed by atoms with Crippen LogP contribution in [0.3, 0.4) is 0 Å². The molecule has 0 fully saturated rings. The summed E-state index contributed by atoms with van der Waals surface area (Å²) in [5.41, 5.74) is 5.17. The molecule has 0 saturated heterocycles. The van der Waals surface area contributed by atoms with E-state index in [0.717, 1.165) is 0 Å². The van der Waals surface area contributed by atoms with Crippen LogP contribution in [0.25, 0.3) is 0 Å². The molecule has 2 rings (SSSR count). The lowest BCUT2D eigenvalue weighted by Gasteiger charge is -2.13. The second-order valence-corrected chi connectivity index (χ2v) is 5.22. The average molecular weight is 343 g/mol. The predicted molar refractivity (Wildman–Crippen MR) is 87.7 cm³/mol. The van der Waals surface area contributed by atoms with Crippen molar-refractivity contribution in [3.05, 3.63) is 59.4 Å². The number of ether oxygens (including phenoxy) is 1. The highest BCUT2D eigenvalue weighted by molar-refractivity contribution is 5.98. The number of hydrogen-bond acceptors (Lipinski definition) is 5. The molecule has 1 atom stereocenters. The standard InChI is InChI=1S/C17H17N3O5/c1-10(21)13-8-14(18-9-13)17(24)25-11(2)15(22)19-20-16(23)12-6-4-3-5-7-12/h3-9,11,18H,1-2H3,(H,19,22)(H,20,23)/t11-/m1/s1. The number of benzene rings is 1. The van der Waals surface area contributed by atoms with Gasteiger partial charge in [-0.15, -0.1) is 0 Å². The first-order valence-electron chi connectivity index (χ1n) is 7.44. The molecule has 0 radical (unpaired) electrons. The van der Waals surface area contributed by atoms with Crippen LogP contribution in [-0.4, -0.2) is 34.7 Å².